The first-order chi connectivity index (χ1) is 11.6. The first kappa shape index (κ1) is 16.8. The molecule has 0 amide bonds. The van der Waals surface area contributed by atoms with Crippen molar-refractivity contribution in [2.45, 2.75) is 12.2 Å². The van der Waals surface area contributed by atoms with Crippen LogP contribution in [0.1, 0.15) is 22.0 Å². The van der Waals surface area contributed by atoms with Gasteiger partial charge in [-0.15, -0.1) is 0 Å². The Morgan fingerprint density at radius 2 is 1.62 bits per heavy atom. The van der Waals surface area contributed by atoms with Crippen LogP contribution in [0.3, 0.4) is 0 Å². The smallest absolute Gasteiger partial charge is 0.195 e. The molecule has 0 spiro atoms. The van der Waals surface area contributed by atoms with E-state index in [1.54, 1.807) is 26.4 Å². The second kappa shape index (κ2) is 6.83. The van der Waals surface area contributed by atoms with Gasteiger partial charge < -0.3 is 18.9 Å². The number of hydrogen-bond donors (Lipinski definition) is 0. The van der Waals surface area contributed by atoms with Gasteiger partial charge in [0.25, 0.3) is 0 Å². The Bertz CT molecular complexity index is 757. The summed E-state index contributed by atoms with van der Waals surface area (Å²) in [5.74, 6) is 1.74. The summed E-state index contributed by atoms with van der Waals surface area (Å²) < 4.78 is 21.9. The van der Waals surface area contributed by atoms with E-state index in [2.05, 4.69) is 15.9 Å². The maximum atomic E-state index is 12.7. The Kier molecular flexibility index (Phi) is 4.78. The Morgan fingerprint density at radius 1 is 1.00 bits per heavy atom. The summed E-state index contributed by atoms with van der Waals surface area (Å²) in [7, 11) is 4.70. The molecule has 2 aromatic rings. The molecule has 1 saturated heterocycles. The van der Waals surface area contributed by atoms with Gasteiger partial charge in [-0.3, -0.25) is 4.79 Å². The van der Waals surface area contributed by atoms with Gasteiger partial charge in [0, 0.05) is 10.0 Å². The predicted molar refractivity (Wildman–Crippen MR) is 92.2 cm³/mol. The number of ether oxygens (including phenoxy) is 4. The van der Waals surface area contributed by atoms with E-state index in [0.29, 0.717) is 21.5 Å². The third-order valence-corrected chi connectivity index (χ3v) is 4.59. The van der Waals surface area contributed by atoms with Crippen molar-refractivity contribution >= 4 is 21.7 Å². The lowest BCUT2D eigenvalue weighted by molar-refractivity contribution is 0.0952. The molecule has 0 aliphatic carbocycles. The molecule has 3 rings (SSSR count). The molecule has 0 aromatic heterocycles. The van der Waals surface area contributed by atoms with Crippen molar-refractivity contribution in [3.8, 4) is 17.2 Å². The van der Waals surface area contributed by atoms with Crippen molar-refractivity contribution < 1.29 is 23.7 Å². The van der Waals surface area contributed by atoms with E-state index in [0.717, 1.165) is 11.3 Å². The summed E-state index contributed by atoms with van der Waals surface area (Å²) in [6, 6.07) is 10.9. The van der Waals surface area contributed by atoms with Crippen LogP contribution in [0.25, 0.3) is 0 Å². The lowest BCUT2D eigenvalue weighted by atomic mass is 10.0. The van der Waals surface area contributed by atoms with E-state index in [1.807, 2.05) is 24.3 Å². The molecule has 1 aliphatic rings. The van der Waals surface area contributed by atoms with Crippen LogP contribution in [0.4, 0.5) is 0 Å². The summed E-state index contributed by atoms with van der Waals surface area (Å²) >= 11 is 3.41. The molecule has 24 heavy (non-hydrogen) atoms. The zero-order valence-electron chi connectivity index (χ0n) is 13.5. The van der Waals surface area contributed by atoms with E-state index in [9.17, 15) is 4.79 Å². The summed E-state index contributed by atoms with van der Waals surface area (Å²) in [5, 5.41) is 0. The molecule has 126 valence electrons. The van der Waals surface area contributed by atoms with Gasteiger partial charge >= 0.3 is 0 Å². The molecule has 1 aliphatic heterocycles. The molecule has 0 unspecified atom stereocenters. The number of methoxy groups -OCH3 is 3. The molecule has 1 heterocycles. The third-order valence-electron chi connectivity index (χ3n) is 3.93. The summed E-state index contributed by atoms with van der Waals surface area (Å²) in [6.45, 7) is 0. The van der Waals surface area contributed by atoms with Crippen molar-refractivity contribution in [2.75, 3.05) is 21.3 Å². The van der Waals surface area contributed by atoms with Crippen LogP contribution in [0, 0.1) is 0 Å². The highest BCUT2D eigenvalue weighted by molar-refractivity contribution is 9.10. The number of ketones is 1. The van der Waals surface area contributed by atoms with Crippen LogP contribution in [-0.4, -0.2) is 33.2 Å². The highest BCUT2D eigenvalue weighted by atomic mass is 79.9. The number of halogens is 1. The topological polar surface area (TPSA) is 57.3 Å². The molecule has 0 saturated carbocycles. The zero-order valence-corrected chi connectivity index (χ0v) is 15.1. The second-order valence-corrected chi connectivity index (χ2v) is 6.16. The molecule has 1 fully saturated rings. The van der Waals surface area contributed by atoms with Gasteiger partial charge in [0.2, 0.25) is 0 Å². The average molecular weight is 393 g/mol. The second-order valence-electron chi connectivity index (χ2n) is 5.30. The lowest BCUT2D eigenvalue weighted by Crippen LogP contribution is -2.10. The van der Waals surface area contributed by atoms with Crippen LogP contribution in [0.5, 0.6) is 17.2 Å². The molecule has 0 radical (unpaired) electrons. The van der Waals surface area contributed by atoms with E-state index in [4.69, 9.17) is 18.9 Å². The van der Waals surface area contributed by atoms with Crippen molar-refractivity contribution in [1.29, 1.82) is 0 Å². The van der Waals surface area contributed by atoms with Gasteiger partial charge in [0.05, 0.1) is 21.3 Å². The monoisotopic (exact) mass is 392 g/mol. The molecule has 5 nitrogen and oxygen atoms in total. The summed E-state index contributed by atoms with van der Waals surface area (Å²) in [6.07, 6.45) is -0.726. The van der Waals surface area contributed by atoms with Crippen molar-refractivity contribution in [1.82, 2.24) is 0 Å². The molecular formula is C18H17BrO5. The minimum atomic E-state index is -0.493. The predicted octanol–water partition coefficient (Wildman–Crippen LogP) is 3.80. The number of benzene rings is 2. The van der Waals surface area contributed by atoms with E-state index >= 15 is 0 Å². The van der Waals surface area contributed by atoms with Crippen molar-refractivity contribution in [3.05, 3.63) is 52.0 Å². The maximum absolute atomic E-state index is 12.7. The minimum absolute atomic E-state index is 0.0938. The minimum Gasteiger partial charge on any atom is -0.497 e. The molecule has 0 N–H and O–H groups in total. The van der Waals surface area contributed by atoms with E-state index < -0.39 is 6.10 Å². The molecular weight excluding hydrogens is 376 g/mol. The SMILES string of the molecule is COc1ccc([C@H]2O[C@H]2C(=O)c2cc(OC)c(OC)cc2Br)cc1. The van der Waals surface area contributed by atoms with Crippen LogP contribution in [-0.2, 0) is 4.74 Å². The van der Waals surface area contributed by atoms with Crippen molar-refractivity contribution in [3.63, 3.8) is 0 Å². The number of hydrogen-bond acceptors (Lipinski definition) is 5. The standard InChI is InChI=1S/C18H17BrO5/c1-21-11-6-4-10(5-7-11)17-18(24-17)16(20)12-8-14(22-2)15(23-3)9-13(12)19/h4-9,17-18H,1-3H3/t17-,18+/m1/s1. The van der Waals surface area contributed by atoms with Crippen LogP contribution >= 0.6 is 15.9 Å². The fourth-order valence-electron chi connectivity index (χ4n) is 2.56. The van der Waals surface area contributed by atoms with Gasteiger partial charge in [-0.2, -0.15) is 0 Å². The van der Waals surface area contributed by atoms with Crippen molar-refractivity contribution in [2.24, 2.45) is 0 Å². The first-order valence-corrected chi connectivity index (χ1v) is 8.13. The number of carbonyl (C=O) groups excluding carboxylic acids is 1. The number of rotatable bonds is 6. The van der Waals surface area contributed by atoms with Crippen LogP contribution < -0.4 is 14.2 Å². The fraction of sp³-hybridized carbons (Fsp3) is 0.278. The molecule has 6 heteroatoms. The van der Waals surface area contributed by atoms with Crippen LogP contribution in [0.2, 0.25) is 0 Å². The highest BCUT2D eigenvalue weighted by Crippen LogP contribution is 2.43. The molecule has 0 bridgehead atoms. The van der Waals surface area contributed by atoms with Gasteiger partial charge in [0.1, 0.15) is 11.9 Å². The fourth-order valence-corrected chi connectivity index (χ4v) is 3.07. The van der Waals surface area contributed by atoms with Gasteiger partial charge in [-0.25, -0.2) is 0 Å². The molecule has 2 aromatic carbocycles. The Hall–Kier alpha value is -2.05. The normalized spacial score (nSPS) is 18.8. The highest BCUT2D eigenvalue weighted by Gasteiger charge is 2.46. The summed E-state index contributed by atoms with van der Waals surface area (Å²) in [5.41, 5.74) is 1.46. The van der Waals surface area contributed by atoms with E-state index in [1.165, 1.54) is 7.11 Å². The third kappa shape index (κ3) is 3.12. The van der Waals surface area contributed by atoms with Gasteiger partial charge in [-0.05, 0) is 45.8 Å². The van der Waals surface area contributed by atoms with Gasteiger partial charge in [0.15, 0.2) is 23.4 Å². The Morgan fingerprint density at radius 3 is 2.21 bits per heavy atom. The quantitative estimate of drug-likeness (QED) is 0.552. The number of epoxide rings is 1. The molecule has 2 atom stereocenters. The largest absolute Gasteiger partial charge is 0.497 e. The van der Waals surface area contributed by atoms with E-state index in [-0.39, 0.29) is 11.9 Å². The number of carbonyl (C=O) groups is 1. The average Bonchev–Trinajstić information content (AvgIpc) is 3.41. The maximum Gasteiger partial charge on any atom is 0.195 e. The van der Waals surface area contributed by atoms with Gasteiger partial charge in [-0.1, -0.05) is 12.1 Å². The Balaban J connectivity index is 1.80. The first-order valence-electron chi connectivity index (χ1n) is 7.34. The Labute approximate surface area is 148 Å². The number of Topliss-reactive ketones (excluding diaryl/α,β-unsaturated/α-hetero) is 1. The van der Waals surface area contributed by atoms with Crippen LogP contribution in [0.15, 0.2) is 40.9 Å². The zero-order chi connectivity index (χ0) is 17.3. The lowest BCUT2D eigenvalue weighted by Gasteiger charge is -2.10. The summed E-state index contributed by atoms with van der Waals surface area (Å²) in [4.78, 5) is 12.7.